The van der Waals surface area contributed by atoms with Gasteiger partial charge in [0.1, 0.15) is 5.75 Å². The van der Waals surface area contributed by atoms with E-state index >= 15 is 0 Å². The van der Waals surface area contributed by atoms with E-state index in [0.29, 0.717) is 11.3 Å². The van der Waals surface area contributed by atoms with Crippen molar-refractivity contribution in [1.82, 2.24) is 9.71 Å². The summed E-state index contributed by atoms with van der Waals surface area (Å²) in [6, 6.07) is 7.09. The van der Waals surface area contributed by atoms with Crippen molar-refractivity contribution in [2.75, 3.05) is 7.11 Å². The Balaban J connectivity index is 2.39. The van der Waals surface area contributed by atoms with Crippen molar-refractivity contribution < 1.29 is 13.2 Å². The normalized spacial score (nSPS) is 12.2. The zero-order valence-electron chi connectivity index (χ0n) is 14.8. The minimum absolute atomic E-state index is 0.201. The third-order valence-corrected chi connectivity index (χ3v) is 5.33. The molecule has 0 spiro atoms. The molecule has 0 saturated carbocycles. The molecule has 130 valence electrons. The fraction of sp³-hybridized carbons (Fsp3) is 0.389. The number of ether oxygens (including phenoxy) is 1. The average molecular weight is 348 g/mol. The summed E-state index contributed by atoms with van der Waals surface area (Å²) < 4.78 is 33.5. The molecule has 0 aliphatic heterocycles. The molecule has 0 unspecified atom stereocenters. The monoisotopic (exact) mass is 348 g/mol. The zero-order chi connectivity index (χ0) is 18.0. The molecule has 1 N–H and O–H groups in total. The molecule has 24 heavy (non-hydrogen) atoms. The topological polar surface area (TPSA) is 68.3 Å². The predicted octanol–water partition coefficient (Wildman–Crippen LogP) is 3.17. The molecule has 1 aromatic carbocycles. The van der Waals surface area contributed by atoms with E-state index in [1.807, 2.05) is 26.8 Å². The Morgan fingerprint density at radius 2 is 1.96 bits per heavy atom. The molecular formula is C18H24N2O3S. The molecule has 0 aliphatic carbocycles. The first-order valence-electron chi connectivity index (χ1n) is 7.73. The lowest BCUT2D eigenvalue weighted by Crippen LogP contribution is -2.25. The highest BCUT2D eigenvalue weighted by Gasteiger charge is 2.25. The van der Waals surface area contributed by atoms with Crippen molar-refractivity contribution in [2.45, 2.75) is 44.6 Å². The first-order chi connectivity index (χ1) is 11.1. The van der Waals surface area contributed by atoms with E-state index in [1.54, 1.807) is 44.6 Å². The quantitative estimate of drug-likeness (QED) is 0.901. The fourth-order valence-corrected chi connectivity index (χ4v) is 3.73. The van der Waals surface area contributed by atoms with Crippen molar-refractivity contribution in [1.29, 1.82) is 0 Å². The molecular weight excluding hydrogens is 324 g/mol. The highest BCUT2D eigenvalue weighted by molar-refractivity contribution is 7.89. The van der Waals surface area contributed by atoms with Crippen LogP contribution in [0.1, 0.15) is 37.5 Å². The molecule has 0 saturated heterocycles. The Kier molecular flexibility index (Phi) is 5.30. The maximum Gasteiger partial charge on any atom is 0.241 e. The van der Waals surface area contributed by atoms with Crippen molar-refractivity contribution in [2.24, 2.45) is 0 Å². The second-order valence-electron chi connectivity index (χ2n) is 6.75. The van der Waals surface area contributed by atoms with Crippen LogP contribution in [0.4, 0.5) is 0 Å². The smallest absolute Gasteiger partial charge is 0.241 e. The molecule has 0 radical (unpaired) electrons. The van der Waals surface area contributed by atoms with Gasteiger partial charge in [-0.2, -0.15) is 0 Å². The summed E-state index contributed by atoms with van der Waals surface area (Å²) in [6.07, 6.45) is 3.30. The van der Waals surface area contributed by atoms with Gasteiger partial charge in [-0.1, -0.05) is 26.8 Å². The summed E-state index contributed by atoms with van der Waals surface area (Å²) in [5, 5.41) is 0. The Morgan fingerprint density at radius 1 is 1.25 bits per heavy atom. The number of hydrogen-bond donors (Lipinski definition) is 1. The summed E-state index contributed by atoms with van der Waals surface area (Å²) in [7, 11) is -2.03. The predicted molar refractivity (Wildman–Crippen MR) is 94.7 cm³/mol. The Labute approximate surface area is 144 Å². The number of methoxy groups -OCH3 is 1. The number of benzene rings is 1. The maximum atomic E-state index is 12.7. The SMILES string of the molecule is COc1cc(C)c(S(=O)(=O)NCc2cccnc2)cc1C(C)(C)C. The second kappa shape index (κ2) is 6.91. The van der Waals surface area contributed by atoms with Crippen molar-refractivity contribution in [3.8, 4) is 5.75 Å². The van der Waals surface area contributed by atoms with Gasteiger partial charge in [0.25, 0.3) is 0 Å². The summed E-state index contributed by atoms with van der Waals surface area (Å²) in [5.74, 6) is 0.700. The first-order valence-corrected chi connectivity index (χ1v) is 9.21. The van der Waals surface area contributed by atoms with E-state index in [2.05, 4.69) is 9.71 Å². The lowest BCUT2D eigenvalue weighted by Gasteiger charge is -2.24. The minimum atomic E-state index is -3.63. The van der Waals surface area contributed by atoms with Gasteiger partial charge >= 0.3 is 0 Å². The van der Waals surface area contributed by atoms with Gasteiger partial charge in [0.2, 0.25) is 10.0 Å². The van der Waals surface area contributed by atoms with Crippen LogP contribution in [-0.2, 0) is 22.0 Å². The van der Waals surface area contributed by atoms with Crippen molar-refractivity contribution in [3.05, 3.63) is 53.3 Å². The van der Waals surface area contributed by atoms with Crippen LogP contribution in [0.3, 0.4) is 0 Å². The lowest BCUT2D eigenvalue weighted by atomic mass is 9.86. The lowest BCUT2D eigenvalue weighted by molar-refractivity contribution is 0.396. The Morgan fingerprint density at radius 3 is 2.50 bits per heavy atom. The summed E-state index contributed by atoms with van der Waals surface area (Å²) >= 11 is 0. The third kappa shape index (κ3) is 4.13. The summed E-state index contributed by atoms with van der Waals surface area (Å²) in [5.41, 5.74) is 2.09. The van der Waals surface area contributed by atoms with Crippen LogP contribution in [0.15, 0.2) is 41.6 Å². The van der Waals surface area contributed by atoms with E-state index in [4.69, 9.17) is 4.74 Å². The minimum Gasteiger partial charge on any atom is -0.496 e. The first kappa shape index (κ1) is 18.4. The summed E-state index contributed by atoms with van der Waals surface area (Å²) in [6.45, 7) is 8.05. The molecule has 2 aromatic rings. The fourth-order valence-electron chi connectivity index (χ4n) is 2.46. The van der Waals surface area contributed by atoms with Crippen LogP contribution in [0.2, 0.25) is 0 Å². The molecule has 0 fully saturated rings. The zero-order valence-corrected chi connectivity index (χ0v) is 15.6. The molecule has 1 heterocycles. The van der Waals surface area contributed by atoms with Gasteiger partial charge < -0.3 is 4.74 Å². The van der Waals surface area contributed by atoms with Crippen LogP contribution in [0.25, 0.3) is 0 Å². The second-order valence-corrected chi connectivity index (χ2v) is 8.49. The number of sulfonamides is 1. The highest BCUT2D eigenvalue weighted by atomic mass is 32.2. The standard InChI is InChI=1S/C18H24N2O3S/c1-13-9-16(23-5)15(18(2,3)4)10-17(13)24(21,22)20-12-14-7-6-8-19-11-14/h6-11,20H,12H2,1-5H3. The number of hydrogen-bond acceptors (Lipinski definition) is 4. The van der Waals surface area contributed by atoms with Gasteiger partial charge in [-0.3, -0.25) is 4.98 Å². The maximum absolute atomic E-state index is 12.7. The Bertz CT molecular complexity index is 810. The number of aryl methyl sites for hydroxylation is 1. The molecule has 0 bridgehead atoms. The number of aromatic nitrogens is 1. The van der Waals surface area contributed by atoms with Gasteiger partial charge in [0, 0.05) is 24.5 Å². The van der Waals surface area contributed by atoms with Gasteiger partial charge in [-0.05, 0) is 41.7 Å². The van der Waals surface area contributed by atoms with Crippen LogP contribution in [-0.4, -0.2) is 20.5 Å². The summed E-state index contributed by atoms with van der Waals surface area (Å²) in [4.78, 5) is 4.27. The van der Waals surface area contributed by atoms with Crippen molar-refractivity contribution >= 4 is 10.0 Å². The molecule has 1 aromatic heterocycles. The average Bonchev–Trinajstić information content (AvgIpc) is 2.52. The van der Waals surface area contributed by atoms with Crippen LogP contribution < -0.4 is 9.46 Å². The molecule has 5 nitrogen and oxygen atoms in total. The van der Waals surface area contributed by atoms with E-state index in [9.17, 15) is 8.42 Å². The van der Waals surface area contributed by atoms with Crippen molar-refractivity contribution in [3.63, 3.8) is 0 Å². The molecule has 6 heteroatoms. The number of rotatable bonds is 5. The van der Waals surface area contributed by atoms with Gasteiger partial charge in [-0.25, -0.2) is 13.1 Å². The van der Waals surface area contributed by atoms with E-state index in [0.717, 1.165) is 11.1 Å². The molecule has 0 aliphatic rings. The number of nitrogens with zero attached hydrogens (tertiary/aromatic N) is 1. The molecule has 0 amide bonds. The Hall–Kier alpha value is -1.92. The van der Waals surface area contributed by atoms with E-state index < -0.39 is 10.0 Å². The number of nitrogens with one attached hydrogen (secondary N) is 1. The van der Waals surface area contributed by atoms with Gasteiger partial charge in [-0.15, -0.1) is 0 Å². The van der Waals surface area contributed by atoms with Crippen LogP contribution >= 0.6 is 0 Å². The van der Waals surface area contributed by atoms with E-state index in [-0.39, 0.29) is 16.9 Å². The third-order valence-electron chi connectivity index (χ3n) is 3.78. The van der Waals surface area contributed by atoms with Gasteiger partial charge in [0.15, 0.2) is 0 Å². The molecule has 0 atom stereocenters. The number of pyridine rings is 1. The largest absolute Gasteiger partial charge is 0.496 e. The van der Waals surface area contributed by atoms with Gasteiger partial charge in [0.05, 0.1) is 12.0 Å². The molecule has 2 rings (SSSR count). The highest BCUT2D eigenvalue weighted by Crippen LogP contribution is 2.35. The van der Waals surface area contributed by atoms with Crippen LogP contribution in [0.5, 0.6) is 5.75 Å². The van der Waals surface area contributed by atoms with Crippen LogP contribution in [0, 0.1) is 6.92 Å². The van der Waals surface area contributed by atoms with E-state index in [1.165, 1.54) is 0 Å².